The second-order valence-corrected chi connectivity index (χ2v) is 7.31. The van der Waals surface area contributed by atoms with E-state index < -0.39 is 5.91 Å². The SMILES string of the molecule is C=CCOc1ccccc1/C=C(\C#N)C(=O)Nc1ncc(Cc2ccc(F)cc2)s1. The summed E-state index contributed by atoms with van der Waals surface area (Å²) in [5, 5.41) is 12.5. The van der Waals surface area contributed by atoms with Crippen molar-refractivity contribution in [1.82, 2.24) is 4.98 Å². The fraction of sp³-hybridized carbons (Fsp3) is 0.0870. The van der Waals surface area contributed by atoms with E-state index in [0.29, 0.717) is 29.5 Å². The summed E-state index contributed by atoms with van der Waals surface area (Å²) < 4.78 is 18.6. The van der Waals surface area contributed by atoms with Crippen LogP contribution in [0.15, 0.2) is 73.0 Å². The summed E-state index contributed by atoms with van der Waals surface area (Å²) in [7, 11) is 0. The molecule has 1 heterocycles. The van der Waals surface area contributed by atoms with Crippen LogP contribution in [0.1, 0.15) is 16.0 Å². The third-order valence-electron chi connectivity index (χ3n) is 4.01. The molecule has 1 N–H and O–H groups in total. The van der Waals surface area contributed by atoms with Crippen molar-refractivity contribution in [3.05, 3.63) is 94.8 Å². The van der Waals surface area contributed by atoms with E-state index in [1.807, 2.05) is 6.07 Å². The number of aromatic nitrogens is 1. The summed E-state index contributed by atoms with van der Waals surface area (Å²) in [4.78, 5) is 17.6. The van der Waals surface area contributed by atoms with Gasteiger partial charge in [-0.05, 0) is 29.8 Å². The average molecular weight is 419 g/mol. The number of anilines is 1. The van der Waals surface area contributed by atoms with Crippen molar-refractivity contribution in [1.29, 1.82) is 5.26 Å². The molecular formula is C23H18FN3O2S. The van der Waals surface area contributed by atoms with Crippen LogP contribution in [0.2, 0.25) is 0 Å². The van der Waals surface area contributed by atoms with Gasteiger partial charge in [-0.15, -0.1) is 11.3 Å². The number of nitrogens with one attached hydrogen (secondary N) is 1. The fourth-order valence-electron chi connectivity index (χ4n) is 2.60. The van der Waals surface area contributed by atoms with Crippen LogP contribution in [0, 0.1) is 17.1 Å². The highest BCUT2D eigenvalue weighted by molar-refractivity contribution is 7.15. The Morgan fingerprint density at radius 2 is 2.03 bits per heavy atom. The number of hydrogen-bond donors (Lipinski definition) is 1. The Hall–Kier alpha value is -3.76. The lowest BCUT2D eigenvalue weighted by atomic mass is 10.1. The van der Waals surface area contributed by atoms with E-state index in [-0.39, 0.29) is 11.4 Å². The number of nitrogens with zero attached hydrogens (tertiary/aromatic N) is 2. The van der Waals surface area contributed by atoms with Gasteiger partial charge in [0.1, 0.15) is 29.8 Å². The molecule has 0 radical (unpaired) electrons. The molecule has 0 fully saturated rings. The average Bonchev–Trinajstić information content (AvgIpc) is 3.19. The molecule has 0 bridgehead atoms. The van der Waals surface area contributed by atoms with Crippen molar-refractivity contribution in [2.24, 2.45) is 0 Å². The van der Waals surface area contributed by atoms with Crippen LogP contribution in [0.25, 0.3) is 6.08 Å². The minimum absolute atomic E-state index is 0.0695. The summed E-state index contributed by atoms with van der Waals surface area (Å²) in [6.45, 7) is 3.92. The first-order valence-corrected chi connectivity index (χ1v) is 9.85. The van der Waals surface area contributed by atoms with Crippen LogP contribution in [0.4, 0.5) is 9.52 Å². The van der Waals surface area contributed by atoms with E-state index in [2.05, 4.69) is 16.9 Å². The molecule has 0 aliphatic carbocycles. The molecule has 7 heteroatoms. The second-order valence-electron chi connectivity index (χ2n) is 6.20. The number of ether oxygens (including phenoxy) is 1. The van der Waals surface area contributed by atoms with Crippen LogP contribution in [0.5, 0.6) is 5.75 Å². The van der Waals surface area contributed by atoms with Crippen molar-refractivity contribution in [3.63, 3.8) is 0 Å². The van der Waals surface area contributed by atoms with Gasteiger partial charge < -0.3 is 4.74 Å². The highest BCUT2D eigenvalue weighted by Crippen LogP contribution is 2.24. The zero-order chi connectivity index (χ0) is 21.3. The number of thiazole rings is 1. The smallest absolute Gasteiger partial charge is 0.268 e. The summed E-state index contributed by atoms with van der Waals surface area (Å²) in [5.41, 5.74) is 1.48. The first-order chi connectivity index (χ1) is 14.6. The number of benzene rings is 2. The summed E-state index contributed by atoms with van der Waals surface area (Å²) in [5.74, 6) is -0.296. The molecule has 150 valence electrons. The van der Waals surface area contributed by atoms with E-state index in [4.69, 9.17) is 4.74 Å². The normalized spacial score (nSPS) is 10.9. The van der Waals surface area contributed by atoms with E-state index >= 15 is 0 Å². The van der Waals surface area contributed by atoms with Crippen molar-refractivity contribution in [2.45, 2.75) is 6.42 Å². The van der Waals surface area contributed by atoms with E-state index in [1.54, 1.807) is 48.7 Å². The Bertz CT molecular complexity index is 1110. The van der Waals surface area contributed by atoms with Gasteiger partial charge in [-0.1, -0.05) is 43.0 Å². The van der Waals surface area contributed by atoms with Crippen molar-refractivity contribution >= 4 is 28.5 Å². The third-order valence-corrected chi connectivity index (χ3v) is 4.92. The van der Waals surface area contributed by atoms with Gasteiger partial charge in [0.15, 0.2) is 5.13 Å². The van der Waals surface area contributed by atoms with Gasteiger partial charge in [0.05, 0.1) is 0 Å². The minimum Gasteiger partial charge on any atom is -0.489 e. The molecule has 5 nitrogen and oxygen atoms in total. The summed E-state index contributed by atoms with van der Waals surface area (Å²) >= 11 is 1.30. The lowest BCUT2D eigenvalue weighted by molar-refractivity contribution is -0.112. The number of halogens is 1. The number of para-hydroxylation sites is 1. The predicted molar refractivity (Wildman–Crippen MR) is 116 cm³/mol. The largest absolute Gasteiger partial charge is 0.489 e. The topological polar surface area (TPSA) is 75.0 Å². The van der Waals surface area contributed by atoms with Crippen LogP contribution >= 0.6 is 11.3 Å². The Morgan fingerprint density at radius 1 is 1.27 bits per heavy atom. The molecule has 1 amide bonds. The van der Waals surface area contributed by atoms with Crippen LogP contribution in [0.3, 0.4) is 0 Å². The molecule has 3 rings (SSSR count). The molecule has 0 aliphatic rings. The quantitative estimate of drug-likeness (QED) is 0.317. The molecular weight excluding hydrogens is 401 g/mol. The first kappa shape index (κ1) is 21.0. The predicted octanol–water partition coefficient (Wildman–Crippen LogP) is 4.98. The van der Waals surface area contributed by atoms with Gasteiger partial charge in [-0.2, -0.15) is 5.26 Å². The summed E-state index contributed by atoms with van der Waals surface area (Å²) in [6, 6.07) is 15.2. The molecule has 3 aromatic rings. The van der Waals surface area contributed by atoms with Crippen molar-refractivity contribution in [3.8, 4) is 11.8 Å². The molecule has 0 saturated heterocycles. The number of hydrogen-bond acceptors (Lipinski definition) is 5. The Morgan fingerprint density at radius 3 is 2.77 bits per heavy atom. The van der Waals surface area contributed by atoms with E-state index in [9.17, 15) is 14.4 Å². The maximum atomic E-state index is 13.0. The molecule has 30 heavy (non-hydrogen) atoms. The van der Waals surface area contributed by atoms with Gasteiger partial charge in [0, 0.05) is 23.1 Å². The number of amides is 1. The summed E-state index contributed by atoms with van der Waals surface area (Å²) in [6.07, 6.45) is 5.31. The molecule has 0 aliphatic heterocycles. The van der Waals surface area contributed by atoms with Gasteiger partial charge in [0.25, 0.3) is 5.91 Å². The van der Waals surface area contributed by atoms with Gasteiger partial charge in [-0.3, -0.25) is 10.1 Å². The number of rotatable bonds is 8. The van der Waals surface area contributed by atoms with Crippen LogP contribution < -0.4 is 10.1 Å². The fourth-order valence-corrected chi connectivity index (χ4v) is 3.44. The van der Waals surface area contributed by atoms with Crippen LogP contribution in [-0.2, 0) is 11.2 Å². The highest BCUT2D eigenvalue weighted by Gasteiger charge is 2.13. The maximum absolute atomic E-state index is 13.0. The Labute approximate surface area is 177 Å². The number of carbonyl (C=O) groups is 1. The highest BCUT2D eigenvalue weighted by atomic mass is 32.1. The molecule has 2 aromatic carbocycles. The zero-order valence-electron chi connectivity index (χ0n) is 16.0. The zero-order valence-corrected chi connectivity index (χ0v) is 16.8. The van der Waals surface area contributed by atoms with Gasteiger partial charge in [-0.25, -0.2) is 9.37 Å². The number of carbonyl (C=O) groups excluding carboxylic acids is 1. The maximum Gasteiger partial charge on any atom is 0.268 e. The standard InChI is InChI=1S/C23H18FN3O2S/c1-2-11-29-21-6-4-3-5-17(21)13-18(14-25)22(28)27-23-26-15-20(30-23)12-16-7-9-19(24)10-8-16/h2-10,13,15H,1,11-12H2,(H,26,27,28)/b18-13+. The molecule has 0 unspecified atom stereocenters. The van der Waals surface area contributed by atoms with Gasteiger partial charge in [0.2, 0.25) is 0 Å². The van der Waals surface area contributed by atoms with Gasteiger partial charge >= 0.3 is 0 Å². The number of nitriles is 1. The Balaban J connectivity index is 1.71. The second kappa shape index (κ2) is 10.1. The van der Waals surface area contributed by atoms with E-state index in [1.165, 1.54) is 29.5 Å². The molecule has 0 saturated carbocycles. The Kier molecular flexibility index (Phi) is 7.09. The third kappa shape index (κ3) is 5.63. The first-order valence-electron chi connectivity index (χ1n) is 9.04. The molecule has 0 atom stereocenters. The monoisotopic (exact) mass is 419 g/mol. The lowest BCUT2D eigenvalue weighted by Gasteiger charge is -2.07. The van der Waals surface area contributed by atoms with Crippen molar-refractivity contribution in [2.75, 3.05) is 11.9 Å². The molecule has 1 aromatic heterocycles. The van der Waals surface area contributed by atoms with Crippen LogP contribution in [-0.4, -0.2) is 17.5 Å². The molecule has 0 spiro atoms. The lowest BCUT2D eigenvalue weighted by Crippen LogP contribution is -2.13. The minimum atomic E-state index is -0.557. The van der Waals surface area contributed by atoms with Crippen molar-refractivity contribution < 1.29 is 13.9 Å². The van der Waals surface area contributed by atoms with E-state index in [0.717, 1.165) is 10.4 Å².